The van der Waals surface area contributed by atoms with Crippen molar-refractivity contribution in [2.45, 2.75) is 45.1 Å². The summed E-state index contributed by atoms with van der Waals surface area (Å²) in [6.07, 6.45) is 3.82. The summed E-state index contributed by atoms with van der Waals surface area (Å²) >= 11 is 0. The Hall–Kier alpha value is -1.42. The molecule has 94 valence electrons. The van der Waals surface area contributed by atoms with Gasteiger partial charge in [0.1, 0.15) is 0 Å². The fourth-order valence-corrected chi connectivity index (χ4v) is 2.22. The number of rotatable bonds is 6. The normalized spacial score (nSPS) is 11.5. The van der Waals surface area contributed by atoms with Crippen LogP contribution in [0.25, 0.3) is 0 Å². The lowest BCUT2D eigenvalue weighted by Crippen LogP contribution is -2.36. The third kappa shape index (κ3) is 3.27. The zero-order valence-corrected chi connectivity index (χ0v) is 10.5. The molecule has 0 bridgehead atoms. The summed E-state index contributed by atoms with van der Waals surface area (Å²) in [6, 6.07) is 6.62. The van der Waals surface area contributed by atoms with Crippen molar-refractivity contribution in [1.29, 1.82) is 0 Å². The maximum Gasteiger partial charge on any atom is 0.269 e. The van der Waals surface area contributed by atoms with Gasteiger partial charge in [-0.15, -0.1) is 0 Å². The summed E-state index contributed by atoms with van der Waals surface area (Å²) in [6.45, 7) is 4.20. The maximum atomic E-state index is 10.6. The van der Waals surface area contributed by atoms with Crippen molar-refractivity contribution in [3.05, 3.63) is 39.9 Å². The van der Waals surface area contributed by atoms with Gasteiger partial charge in [0, 0.05) is 17.7 Å². The summed E-state index contributed by atoms with van der Waals surface area (Å²) < 4.78 is 0. The molecule has 1 aromatic rings. The lowest BCUT2D eigenvalue weighted by molar-refractivity contribution is -0.384. The Balaban J connectivity index is 2.98. The van der Waals surface area contributed by atoms with Gasteiger partial charge in [-0.05, 0) is 18.4 Å². The Morgan fingerprint density at radius 1 is 1.18 bits per heavy atom. The van der Waals surface area contributed by atoms with Crippen molar-refractivity contribution in [2.24, 2.45) is 5.73 Å². The first-order valence-corrected chi connectivity index (χ1v) is 6.07. The molecular weight excluding hydrogens is 216 g/mol. The van der Waals surface area contributed by atoms with Crippen LogP contribution in [0.4, 0.5) is 5.69 Å². The van der Waals surface area contributed by atoms with Crippen LogP contribution in [0.5, 0.6) is 0 Å². The predicted octanol–water partition coefficient (Wildman–Crippen LogP) is 3.35. The number of hydrogen-bond donors (Lipinski definition) is 1. The van der Waals surface area contributed by atoms with E-state index in [9.17, 15) is 10.1 Å². The number of benzene rings is 1. The number of nitrogens with zero attached hydrogens (tertiary/aromatic N) is 1. The van der Waals surface area contributed by atoms with Crippen LogP contribution in [0.2, 0.25) is 0 Å². The Morgan fingerprint density at radius 2 is 1.65 bits per heavy atom. The molecular formula is C13H20N2O2. The molecule has 1 rings (SSSR count). The molecule has 0 radical (unpaired) electrons. The standard InChI is InChI=1S/C13H20N2O2/c1-3-9-13(14,10-4-2)11-5-7-12(8-6-11)15(16)17/h5-8H,3-4,9-10,14H2,1-2H3. The first-order chi connectivity index (χ1) is 8.03. The van der Waals surface area contributed by atoms with E-state index >= 15 is 0 Å². The van der Waals surface area contributed by atoms with E-state index in [1.807, 2.05) is 0 Å². The van der Waals surface area contributed by atoms with Crippen molar-refractivity contribution in [1.82, 2.24) is 0 Å². The van der Waals surface area contributed by atoms with Gasteiger partial charge >= 0.3 is 0 Å². The van der Waals surface area contributed by atoms with Gasteiger partial charge in [0.25, 0.3) is 5.69 Å². The van der Waals surface area contributed by atoms with Gasteiger partial charge in [0.15, 0.2) is 0 Å². The van der Waals surface area contributed by atoms with Crippen molar-refractivity contribution < 1.29 is 4.92 Å². The quantitative estimate of drug-likeness (QED) is 0.608. The molecule has 0 heterocycles. The van der Waals surface area contributed by atoms with Crippen molar-refractivity contribution in [3.8, 4) is 0 Å². The molecule has 17 heavy (non-hydrogen) atoms. The van der Waals surface area contributed by atoms with Gasteiger partial charge in [-0.25, -0.2) is 0 Å². The van der Waals surface area contributed by atoms with E-state index < -0.39 is 0 Å². The van der Waals surface area contributed by atoms with Crippen LogP contribution < -0.4 is 5.73 Å². The third-order valence-corrected chi connectivity index (χ3v) is 3.05. The van der Waals surface area contributed by atoms with Gasteiger partial charge in [0.2, 0.25) is 0 Å². The summed E-state index contributed by atoms with van der Waals surface area (Å²) in [7, 11) is 0. The zero-order chi connectivity index (χ0) is 12.9. The van der Waals surface area contributed by atoms with Gasteiger partial charge < -0.3 is 5.73 Å². The number of hydrogen-bond acceptors (Lipinski definition) is 3. The number of non-ortho nitro benzene ring substituents is 1. The molecule has 2 N–H and O–H groups in total. The maximum absolute atomic E-state index is 10.6. The van der Waals surface area contributed by atoms with Gasteiger partial charge in [-0.2, -0.15) is 0 Å². The fraction of sp³-hybridized carbons (Fsp3) is 0.538. The Labute approximate surface area is 102 Å². The van der Waals surface area contributed by atoms with Crippen LogP contribution in [0.1, 0.15) is 45.1 Å². The van der Waals surface area contributed by atoms with E-state index in [1.165, 1.54) is 12.1 Å². The van der Waals surface area contributed by atoms with Gasteiger partial charge in [-0.1, -0.05) is 38.8 Å². The molecule has 0 fully saturated rings. The summed E-state index contributed by atoms with van der Waals surface area (Å²) in [5, 5.41) is 10.6. The highest BCUT2D eigenvalue weighted by molar-refractivity contribution is 5.36. The molecule has 1 aromatic carbocycles. The zero-order valence-electron chi connectivity index (χ0n) is 10.5. The topological polar surface area (TPSA) is 69.2 Å². The van der Waals surface area contributed by atoms with E-state index in [-0.39, 0.29) is 16.1 Å². The molecule has 0 spiro atoms. The van der Waals surface area contributed by atoms with Crippen LogP contribution >= 0.6 is 0 Å². The summed E-state index contributed by atoms with van der Waals surface area (Å²) in [5.74, 6) is 0. The molecule has 0 amide bonds. The summed E-state index contributed by atoms with van der Waals surface area (Å²) in [4.78, 5) is 10.2. The minimum atomic E-state index is -0.387. The van der Waals surface area contributed by atoms with E-state index in [2.05, 4.69) is 13.8 Å². The second kappa shape index (κ2) is 5.77. The lowest BCUT2D eigenvalue weighted by Gasteiger charge is -2.29. The van der Waals surface area contributed by atoms with Gasteiger partial charge in [0.05, 0.1) is 4.92 Å². The second-order valence-corrected chi connectivity index (χ2v) is 4.46. The van der Waals surface area contributed by atoms with Crippen LogP contribution in [0, 0.1) is 10.1 Å². The van der Waals surface area contributed by atoms with Crippen molar-refractivity contribution >= 4 is 5.69 Å². The Morgan fingerprint density at radius 3 is 2.00 bits per heavy atom. The molecule has 0 unspecified atom stereocenters. The summed E-state index contributed by atoms with van der Waals surface area (Å²) in [5.41, 5.74) is 7.16. The van der Waals surface area contributed by atoms with Crippen LogP contribution in [-0.4, -0.2) is 4.92 Å². The largest absolute Gasteiger partial charge is 0.321 e. The van der Waals surface area contributed by atoms with E-state index in [1.54, 1.807) is 12.1 Å². The van der Waals surface area contributed by atoms with Crippen molar-refractivity contribution in [2.75, 3.05) is 0 Å². The van der Waals surface area contributed by atoms with Gasteiger partial charge in [-0.3, -0.25) is 10.1 Å². The first-order valence-electron chi connectivity index (χ1n) is 6.07. The molecule has 0 aliphatic carbocycles. The third-order valence-electron chi connectivity index (χ3n) is 3.05. The monoisotopic (exact) mass is 236 g/mol. The molecule has 0 saturated carbocycles. The highest BCUT2D eigenvalue weighted by atomic mass is 16.6. The number of nitro benzene ring substituents is 1. The fourth-order valence-electron chi connectivity index (χ4n) is 2.22. The number of nitrogens with two attached hydrogens (primary N) is 1. The smallest absolute Gasteiger partial charge is 0.269 e. The highest BCUT2D eigenvalue weighted by Gasteiger charge is 2.25. The van der Waals surface area contributed by atoms with Crippen LogP contribution in [0.3, 0.4) is 0 Å². The second-order valence-electron chi connectivity index (χ2n) is 4.46. The van der Waals surface area contributed by atoms with E-state index in [0.717, 1.165) is 31.2 Å². The molecule has 0 saturated heterocycles. The molecule has 0 aliphatic heterocycles. The highest BCUT2D eigenvalue weighted by Crippen LogP contribution is 2.29. The van der Waals surface area contributed by atoms with E-state index in [0.29, 0.717) is 0 Å². The number of nitro groups is 1. The minimum Gasteiger partial charge on any atom is -0.321 e. The molecule has 4 heteroatoms. The minimum absolute atomic E-state index is 0.115. The van der Waals surface area contributed by atoms with Crippen molar-refractivity contribution in [3.63, 3.8) is 0 Å². The first kappa shape index (κ1) is 13.6. The van der Waals surface area contributed by atoms with Crippen LogP contribution in [0.15, 0.2) is 24.3 Å². The lowest BCUT2D eigenvalue weighted by atomic mass is 9.83. The Bertz CT molecular complexity index is 368. The molecule has 0 atom stereocenters. The predicted molar refractivity (Wildman–Crippen MR) is 68.8 cm³/mol. The molecule has 0 aliphatic rings. The average molecular weight is 236 g/mol. The SMILES string of the molecule is CCCC(N)(CCC)c1ccc([N+](=O)[O-])cc1. The molecule has 4 nitrogen and oxygen atoms in total. The average Bonchev–Trinajstić information content (AvgIpc) is 2.30. The molecule has 0 aromatic heterocycles. The van der Waals surface area contributed by atoms with Crippen LogP contribution in [-0.2, 0) is 5.54 Å². The Kier molecular flexibility index (Phi) is 4.63. The van der Waals surface area contributed by atoms with E-state index in [4.69, 9.17) is 5.73 Å².